The number of carbonyl (C=O) groups is 1. The Labute approximate surface area is 144 Å². The van der Waals surface area contributed by atoms with Crippen LogP contribution >= 0.6 is 0 Å². The number of para-hydroxylation sites is 1. The molecule has 1 N–H and O–H groups in total. The molecule has 0 bridgehead atoms. The highest BCUT2D eigenvalue weighted by Crippen LogP contribution is 2.20. The van der Waals surface area contributed by atoms with Crippen molar-refractivity contribution in [2.75, 3.05) is 5.32 Å². The van der Waals surface area contributed by atoms with Gasteiger partial charge in [-0.15, -0.1) is 0 Å². The molecule has 0 saturated carbocycles. The number of anilines is 1. The van der Waals surface area contributed by atoms with Gasteiger partial charge in [-0.25, -0.2) is 9.67 Å². The van der Waals surface area contributed by atoms with Gasteiger partial charge in [0.2, 0.25) is 0 Å². The van der Waals surface area contributed by atoms with E-state index in [2.05, 4.69) is 15.4 Å². The summed E-state index contributed by atoms with van der Waals surface area (Å²) in [6.45, 7) is 0. The van der Waals surface area contributed by atoms with Crippen LogP contribution in [0.4, 0.5) is 5.82 Å². The van der Waals surface area contributed by atoms with Crippen LogP contribution in [0.3, 0.4) is 0 Å². The number of benzene rings is 1. The van der Waals surface area contributed by atoms with Crippen molar-refractivity contribution in [3.63, 3.8) is 0 Å². The minimum absolute atomic E-state index is 0.260. The van der Waals surface area contributed by atoms with Crippen molar-refractivity contribution in [1.29, 1.82) is 0 Å². The fourth-order valence-electron chi connectivity index (χ4n) is 2.60. The fraction of sp³-hybridized carbons (Fsp3) is 0. The molecule has 0 aliphatic carbocycles. The third-order valence-electron chi connectivity index (χ3n) is 3.74. The number of nitrogens with one attached hydrogen (secondary N) is 1. The first kappa shape index (κ1) is 14.9. The van der Waals surface area contributed by atoms with Gasteiger partial charge in [0.15, 0.2) is 5.82 Å². The molecular weight excluding hydrogens is 314 g/mol. The average Bonchev–Trinajstić information content (AvgIpc) is 3.32. The third kappa shape index (κ3) is 2.92. The van der Waals surface area contributed by atoms with Gasteiger partial charge in [-0.2, -0.15) is 5.10 Å². The van der Waals surface area contributed by atoms with Crippen LogP contribution in [-0.2, 0) is 0 Å². The molecule has 4 aromatic rings. The molecule has 0 radical (unpaired) electrons. The van der Waals surface area contributed by atoms with E-state index in [0.29, 0.717) is 17.2 Å². The molecular formula is C19H15N5O. The second-order valence-electron chi connectivity index (χ2n) is 5.39. The van der Waals surface area contributed by atoms with Crippen molar-refractivity contribution in [2.45, 2.75) is 0 Å². The zero-order chi connectivity index (χ0) is 17.1. The van der Waals surface area contributed by atoms with E-state index in [-0.39, 0.29) is 5.91 Å². The van der Waals surface area contributed by atoms with Crippen LogP contribution in [0.15, 0.2) is 85.5 Å². The molecule has 6 heteroatoms. The van der Waals surface area contributed by atoms with Gasteiger partial charge in [0, 0.05) is 18.6 Å². The maximum absolute atomic E-state index is 12.8. The molecule has 25 heavy (non-hydrogen) atoms. The molecule has 0 aliphatic heterocycles. The highest BCUT2D eigenvalue weighted by Gasteiger charge is 2.20. The zero-order valence-corrected chi connectivity index (χ0v) is 13.3. The maximum atomic E-state index is 12.8. The van der Waals surface area contributed by atoms with Gasteiger partial charge < -0.3 is 9.88 Å². The highest BCUT2D eigenvalue weighted by atomic mass is 16.1. The van der Waals surface area contributed by atoms with Crippen LogP contribution in [0.5, 0.6) is 0 Å². The Kier molecular flexibility index (Phi) is 3.84. The van der Waals surface area contributed by atoms with Gasteiger partial charge in [0.05, 0.1) is 11.9 Å². The van der Waals surface area contributed by atoms with E-state index >= 15 is 0 Å². The molecule has 0 aliphatic rings. The first-order valence-corrected chi connectivity index (χ1v) is 7.82. The number of carbonyl (C=O) groups excluding carboxylic acids is 1. The van der Waals surface area contributed by atoms with Crippen molar-refractivity contribution < 1.29 is 4.79 Å². The lowest BCUT2D eigenvalue weighted by Crippen LogP contribution is -2.15. The first-order chi connectivity index (χ1) is 12.3. The van der Waals surface area contributed by atoms with Crippen molar-refractivity contribution in [2.24, 2.45) is 0 Å². The summed E-state index contributed by atoms with van der Waals surface area (Å²) < 4.78 is 3.61. The molecule has 0 saturated heterocycles. The van der Waals surface area contributed by atoms with E-state index < -0.39 is 0 Å². The van der Waals surface area contributed by atoms with Gasteiger partial charge in [0.25, 0.3) is 5.91 Å². The molecule has 1 aromatic carbocycles. The minimum Gasteiger partial charge on any atom is -0.308 e. The minimum atomic E-state index is -0.260. The van der Waals surface area contributed by atoms with Crippen molar-refractivity contribution in [3.8, 4) is 11.5 Å². The predicted octanol–water partition coefficient (Wildman–Crippen LogP) is 3.31. The van der Waals surface area contributed by atoms with Crippen LogP contribution in [0.1, 0.15) is 10.4 Å². The Hall–Kier alpha value is -3.67. The predicted molar refractivity (Wildman–Crippen MR) is 95.1 cm³/mol. The number of rotatable bonds is 4. The van der Waals surface area contributed by atoms with E-state index in [1.165, 1.54) is 0 Å². The van der Waals surface area contributed by atoms with Crippen LogP contribution in [0.2, 0.25) is 0 Å². The number of amides is 1. The topological polar surface area (TPSA) is 64.7 Å². The van der Waals surface area contributed by atoms with E-state index in [1.54, 1.807) is 29.2 Å². The Balaban J connectivity index is 1.78. The second kappa shape index (κ2) is 6.45. The fourth-order valence-corrected chi connectivity index (χ4v) is 2.60. The van der Waals surface area contributed by atoms with Crippen LogP contribution < -0.4 is 5.32 Å². The number of nitrogens with zero attached hydrogens (tertiary/aromatic N) is 4. The second-order valence-corrected chi connectivity index (χ2v) is 5.39. The van der Waals surface area contributed by atoms with E-state index in [4.69, 9.17) is 0 Å². The zero-order valence-electron chi connectivity index (χ0n) is 13.3. The quantitative estimate of drug-likeness (QED) is 0.625. The molecule has 3 heterocycles. The number of aromatic nitrogens is 4. The summed E-state index contributed by atoms with van der Waals surface area (Å²) >= 11 is 0. The highest BCUT2D eigenvalue weighted by molar-refractivity contribution is 6.06. The van der Waals surface area contributed by atoms with Gasteiger partial charge in [-0.1, -0.05) is 24.3 Å². The van der Waals surface area contributed by atoms with E-state index in [9.17, 15) is 4.79 Å². The Bertz CT molecular complexity index is 975. The molecule has 0 unspecified atom stereocenters. The summed E-state index contributed by atoms with van der Waals surface area (Å²) in [6, 6.07) is 18.9. The molecule has 4 rings (SSSR count). The lowest BCUT2D eigenvalue weighted by Gasteiger charge is -2.11. The Morgan fingerprint density at radius 1 is 0.920 bits per heavy atom. The smallest absolute Gasteiger partial charge is 0.262 e. The van der Waals surface area contributed by atoms with E-state index in [1.807, 2.05) is 65.5 Å². The average molecular weight is 329 g/mol. The summed E-state index contributed by atoms with van der Waals surface area (Å²) in [7, 11) is 0. The lowest BCUT2D eigenvalue weighted by molar-refractivity contribution is 0.102. The normalized spacial score (nSPS) is 10.6. The molecule has 0 spiro atoms. The van der Waals surface area contributed by atoms with Crippen LogP contribution in [-0.4, -0.2) is 25.2 Å². The summed E-state index contributed by atoms with van der Waals surface area (Å²) in [5.74, 6) is 0.910. The molecule has 3 aromatic heterocycles. The summed E-state index contributed by atoms with van der Waals surface area (Å²) in [6.07, 6.45) is 6.97. The molecule has 122 valence electrons. The largest absolute Gasteiger partial charge is 0.308 e. The van der Waals surface area contributed by atoms with Gasteiger partial charge >= 0.3 is 0 Å². The van der Waals surface area contributed by atoms with Crippen LogP contribution in [0, 0.1) is 0 Å². The SMILES string of the molecule is O=C(Nc1ccccn1)c1cnn(-c2ccccc2)c1-n1cccc1. The van der Waals surface area contributed by atoms with Crippen molar-refractivity contribution in [1.82, 2.24) is 19.3 Å². The number of hydrogen-bond donors (Lipinski definition) is 1. The van der Waals surface area contributed by atoms with Crippen molar-refractivity contribution in [3.05, 3.63) is 91.0 Å². The maximum Gasteiger partial charge on any atom is 0.262 e. The molecule has 0 fully saturated rings. The molecule has 1 amide bonds. The summed E-state index contributed by atoms with van der Waals surface area (Å²) in [4.78, 5) is 16.9. The third-order valence-corrected chi connectivity index (χ3v) is 3.74. The first-order valence-electron chi connectivity index (χ1n) is 7.82. The molecule has 6 nitrogen and oxygen atoms in total. The van der Waals surface area contributed by atoms with E-state index in [0.717, 1.165) is 5.69 Å². The number of hydrogen-bond acceptors (Lipinski definition) is 3. The standard InChI is InChI=1S/C19H15N5O/c25-18(22-17-10-4-5-11-20-17)16-14-21-24(15-8-2-1-3-9-15)19(16)23-12-6-7-13-23/h1-14H,(H,20,22,25). The van der Waals surface area contributed by atoms with Gasteiger partial charge in [-0.05, 0) is 36.4 Å². The van der Waals surface area contributed by atoms with Gasteiger partial charge in [-0.3, -0.25) is 4.79 Å². The Morgan fingerprint density at radius 2 is 1.68 bits per heavy atom. The van der Waals surface area contributed by atoms with Crippen LogP contribution in [0.25, 0.3) is 11.5 Å². The van der Waals surface area contributed by atoms with Gasteiger partial charge in [0.1, 0.15) is 11.4 Å². The monoisotopic (exact) mass is 329 g/mol. The summed E-state index contributed by atoms with van der Waals surface area (Å²) in [5, 5.41) is 7.23. The van der Waals surface area contributed by atoms with Crippen molar-refractivity contribution >= 4 is 11.7 Å². The lowest BCUT2D eigenvalue weighted by atomic mass is 10.2. The summed E-state index contributed by atoms with van der Waals surface area (Å²) in [5.41, 5.74) is 1.34. The number of pyridine rings is 1. The molecule has 0 atom stereocenters. The Morgan fingerprint density at radius 3 is 2.40 bits per heavy atom.